The third-order valence-electron chi connectivity index (χ3n) is 5.42. The normalized spacial score (nSPS) is 26.9. The molecular formula is C18H23N3O5S. The van der Waals surface area contributed by atoms with Crippen LogP contribution in [0.5, 0.6) is 0 Å². The molecule has 0 unspecified atom stereocenters. The van der Waals surface area contributed by atoms with Gasteiger partial charge in [-0.05, 0) is 18.4 Å². The minimum absolute atomic E-state index is 0.0470. The summed E-state index contributed by atoms with van der Waals surface area (Å²) < 4.78 is 23.3. The number of likely N-dealkylation sites (N-methyl/N-ethyl adjacent to an activating group) is 1. The first kappa shape index (κ1) is 19.3. The maximum Gasteiger partial charge on any atom is 0.325 e. The molecule has 0 radical (unpaired) electrons. The van der Waals surface area contributed by atoms with Gasteiger partial charge in [-0.25, -0.2) is 13.2 Å². The number of nitrogens with one attached hydrogen (secondary N) is 1. The molecule has 1 aromatic rings. The Kier molecular flexibility index (Phi) is 4.98. The Hall–Kier alpha value is -2.42. The molecule has 2 saturated heterocycles. The van der Waals surface area contributed by atoms with Gasteiger partial charge in [0.2, 0.25) is 5.91 Å². The van der Waals surface area contributed by atoms with Crippen molar-refractivity contribution < 1.29 is 22.8 Å². The van der Waals surface area contributed by atoms with Gasteiger partial charge in [0.05, 0.1) is 11.5 Å². The molecule has 0 aromatic heterocycles. The average Bonchev–Trinajstić information content (AvgIpc) is 3.13. The summed E-state index contributed by atoms with van der Waals surface area (Å²) in [7, 11) is -1.62. The summed E-state index contributed by atoms with van der Waals surface area (Å²) in [6, 6.07) is 7.88. The van der Waals surface area contributed by atoms with Gasteiger partial charge in [0.25, 0.3) is 5.91 Å². The Bertz CT molecular complexity index is 870. The lowest BCUT2D eigenvalue weighted by molar-refractivity contribution is -0.139. The van der Waals surface area contributed by atoms with Crippen LogP contribution >= 0.6 is 0 Å². The largest absolute Gasteiger partial charge is 0.340 e. The molecule has 0 aliphatic carbocycles. The van der Waals surface area contributed by atoms with Crippen LogP contribution in [0.25, 0.3) is 0 Å². The molecule has 9 heteroatoms. The maximum absolute atomic E-state index is 13.0. The standard InChI is InChI=1S/C18H23N3O5S/c1-3-18(13-7-5-4-6-8-13)16(23)21(17(24)19-18)11-15(22)20(2)14-9-10-27(25,26)12-14/h4-8,14H,3,9-12H2,1-2H3,(H,19,24)/t14-,18+/m1/s1. The lowest BCUT2D eigenvalue weighted by Gasteiger charge is -2.27. The van der Waals surface area contributed by atoms with Crippen molar-refractivity contribution in [3.63, 3.8) is 0 Å². The first-order chi connectivity index (χ1) is 12.7. The Morgan fingerprint density at radius 1 is 1.30 bits per heavy atom. The van der Waals surface area contributed by atoms with Crippen LogP contribution in [0.3, 0.4) is 0 Å². The zero-order valence-electron chi connectivity index (χ0n) is 15.3. The van der Waals surface area contributed by atoms with Crippen molar-refractivity contribution in [1.82, 2.24) is 15.1 Å². The highest BCUT2D eigenvalue weighted by Crippen LogP contribution is 2.32. The minimum atomic E-state index is -3.14. The number of nitrogens with zero attached hydrogens (tertiary/aromatic N) is 2. The fourth-order valence-electron chi connectivity index (χ4n) is 3.66. The van der Waals surface area contributed by atoms with E-state index in [2.05, 4.69) is 5.32 Å². The molecule has 8 nitrogen and oxygen atoms in total. The van der Waals surface area contributed by atoms with Crippen LogP contribution in [0.4, 0.5) is 4.79 Å². The van der Waals surface area contributed by atoms with E-state index in [4.69, 9.17) is 0 Å². The van der Waals surface area contributed by atoms with Crippen LogP contribution < -0.4 is 5.32 Å². The highest BCUT2D eigenvalue weighted by atomic mass is 32.2. The SMILES string of the molecule is CC[C@@]1(c2ccccc2)NC(=O)N(CC(=O)N(C)[C@@H]2CCS(=O)(=O)C2)C1=O. The lowest BCUT2D eigenvalue weighted by atomic mass is 9.87. The third kappa shape index (κ3) is 3.43. The van der Waals surface area contributed by atoms with E-state index in [1.54, 1.807) is 31.2 Å². The summed E-state index contributed by atoms with van der Waals surface area (Å²) in [4.78, 5) is 40.3. The molecule has 1 aromatic carbocycles. The van der Waals surface area contributed by atoms with Crippen molar-refractivity contribution in [1.29, 1.82) is 0 Å². The number of sulfone groups is 1. The molecule has 0 saturated carbocycles. The Balaban J connectivity index is 1.77. The molecule has 2 aliphatic heterocycles. The van der Waals surface area contributed by atoms with E-state index in [1.807, 2.05) is 6.07 Å². The summed E-state index contributed by atoms with van der Waals surface area (Å²) in [5, 5.41) is 2.73. The van der Waals surface area contributed by atoms with Crippen LogP contribution in [0.1, 0.15) is 25.3 Å². The van der Waals surface area contributed by atoms with Crippen molar-refractivity contribution >= 4 is 27.7 Å². The number of urea groups is 1. The van der Waals surface area contributed by atoms with Gasteiger partial charge in [-0.2, -0.15) is 0 Å². The molecule has 2 atom stereocenters. The number of carbonyl (C=O) groups is 3. The van der Waals surface area contributed by atoms with E-state index < -0.39 is 45.8 Å². The predicted octanol–water partition coefficient (Wildman–Crippen LogP) is 0.489. The zero-order valence-corrected chi connectivity index (χ0v) is 16.2. The van der Waals surface area contributed by atoms with Gasteiger partial charge < -0.3 is 10.2 Å². The molecule has 0 bridgehead atoms. The Morgan fingerprint density at radius 3 is 2.52 bits per heavy atom. The fraction of sp³-hybridized carbons (Fsp3) is 0.500. The van der Waals surface area contributed by atoms with E-state index in [0.29, 0.717) is 18.4 Å². The number of hydrogen-bond acceptors (Lipinski definition) is 5. The van der Waals surface area contributed by atoms with Crippen LogP contribution in [-0.4, -0.2) is 67.2 Å². The molecule has 2 heterocycles. The van der Waals surface area contributed by atoms with Gasteiger partial charge in [0.15, 0.2) is 9.84 Å². The molecule has 3 rings (SSSR count). The molecule has 0 spiro atoms. The highest BCUT2D eigenvalue weighted by molar-refractivity contribution is 7.91. The maximum atomic E-state index is 13.0. The van der Waals surface area contributed by atoms with E-state index in [0.717, 1.165) is 4.90 Å². The summed E-state index contributed by atoms with van der Waals surface area (Å²) >= 11 is 0. The van der Waals surface area contributed by atoms with E-state index >= 15 is 0 Å². The van der Waals surface area contributed by atoms with Crippen molar-refractivity contribution in [3.05, 3.63) is 35.9 Å². The lowest BCUT2D eigenvalue weighted by Crippen LogP contribution is -2.47. The summed E-state index contributed by atoms with van der Waals surface area (Å²) in [5.74, 6) is -0.966. The van der Waals surface area contributed by atoms with Crippen molar-refractivity contribution in [2.24, 2.45) is 0 Å². The van der Waals surface area contributed by atoms with E-state index in [-0.39, 0.29) is 11.5 Å². The number of benzene rings is 1. The molecule has 146 valence electrons. The monoisotopic (exact) mass is 393 g/mol. The van der Waals surface area contributed by atoms with Crippen molar-refractivity contribution in [3.8, 4) is 0 Å². The summed E-state index contributed by atoms with van der Waals surface area (Å²) in [6.45, 7) is 1.39. The second kappa shape index (κ2) is 6.95. The molecule has 2 aliphatic rings. The van der Waals surface area contributed by atoms with Crippen LogP contribution in [0, 0.1) is 0 Å². The van der Waals surface area contributed by atoms with Gasteiger partial charge in [-0.15, -0.1) is 0 Å². The average molecular weight is 393 g/mol. The zero-order chi connectivity index (χ0) is 19.8. The van der Waals surface area contributed by atoms with E-state index in [1.165, 1.54) is 11.9 Å². The molecule has 4 amide bonds. The predicted molar refractivity (Wildman–Crippen MR) is 98.5 cm³/mol. The fourth-order valence-corrected chi connectivity index (χ4v) is 5.44. The molecule has 1 N–H and O–H groups in total. The number of hydrogen-bond donors (Lipinski definition) is 1. The van der Waals surface area contributed by atoms with Gasteiger partial charge in [0.1, 0.15) is 12.1 Å². The molecular weight excluding hydrogens is 370 g/mol. The molecule has 2 fully saturated rings. The number of amides is 4. The Labute approximate surface area is 158 Å². The second-order valence-electron chi connectivity index (χ2n) is 7.01. The highest BCUT2D eigenvalue weighted by Gasteiger charge is 2.51. The molecule has 27 heavy (non-hydrogen) atoms. The van der Waals surface area contributed by atoms with Gasteiger partial charge in [0, 0.05) is 13.1 Å². The second-order valence-corrected chi connectivity index (χ2v) is 9.24. The van der Waals surface area contributed by atoms with Gasteiger partial charge >= 0.3 is 6.03 Å². The van der Waals surface area contributed by atoms with Crippen molar-refractivity contribution in [2.75, 3.05) is 25.1 Å². The number of imide groups is 1. The summed E-state index contributed by atoms with van der Waals surface area (Å²) in [6.07, 6.45) is 0.719. The van der Waals surface area contributed by atoms with Crippen LogP contribution in [-0.2, 0) is 25.0 Å². The summed E-state index contributed by atoms with van der Waals surface area (Å²) in [5.41, 5.74) is -0.524. The minimum Gasteiger partial charge on any atom is -0.340 e. The topological polar surface area (TPSA) is 104 Å². The number of carbonyl (C=O) groups excluding carboxylic acids is 3. The van der Waals surface area contributed by atoms with Crippen LogP contribution in [0.2, 0.25) is 0 Å². The van der Waals surface area contributed by atoms with Gasteiger partial charge in [-0.3, -0.25) is 14.5 Å². The first-order valence-electron chi connectivity index (χ1n) is 8.86. The number of rotatable bonds is 5. The quantitative estimate of drug-likeness (QED) is 0.733. The Morgan fingerprint density at radius 2 is 1.96 bits per heavy atom. The van der Waals surface area contributed by atoms with E-state index in [9.17, 15) is 22.8 Å². The first-order valence-corrected chi connectivity index (χ1v) is 10.7. The third-order valence-corrected chi connectivity index (χ3v) is 7.17. The smallest absolute Gasteiger partial charge is 0.325 e. The van der Waals surface area contributed by atoms with Crippen molar-refractivity contribution in [2.45, 2.75) is 31.3 Å². The van der Waals surface area contributed by atoms with Gasteiger partial charge in [-0.1, -0.05) is 37.3 Å². The van der Waals surface area contributed by atoms with Crippen LogP contribution in [0.15, 0.2) is 30.3 Å².